The van der Waals surface area contributed by atoms with Crippen LogP contribution in [0, 0.1) is 6.57 Å². The Bertz CT molecular complexity index is 2810. The summed E-state index contributed by atoms with van der Waals surface area (Å²) >= 11 is 0. The fourth-order valence-electron chi connectivity index (χ4n) is 7.13. The van der Waals surface area contributed by atoms with Crippen LogP contribution in [-0.4, -0.2) is 15.0 Å². The minimum Gasteiger partial charge on any atom is -0.238 e. The van der Waals surface area contributed by atoms with Gasteiger partial charge in [-0.1, -0.05) is 188 Å². The van der Waals surface area contributed by atoms with Crippen molar-refractivity contribution in [2.75, 3.05) is 0 Å². The number of nitrogens with zero attached hydrogens (tertiary/aromatic N) is 4. The van der Waals surface area contributed by atoms with E-state index in [1.165, 1.54) is 0 Å². The lowest BCUT2D eigenvalue weighted by atomic mass is 9.85. The van der Waals surface area contributed by atoms with Crippen LogP contribution < -0.4 is 0 Å². The number of benzene rings is 8. The van der Waals surface area contributed by atoms with Crippen LogP contribution in [0.2, 0.25) is 0 Å². The van der Waals surface area contributed by atoms with Gasteiger partial charge in [-0.25, -0.2) is 19.8 Å². The summed E-state index contributed by atoms with van der Waals surface area (Å²) in [5.41, 5.74) is 14.3. The predicted molar refractivity (Wildman–Crippen MR) is 230 cm³/mol. The molecular weight excluding hydrogens is 681 g/mol. The standard InChI is InChI=1S/C52H34N4/c1-53-45-24-14-23-44(33-45)49-35-46(38-17-8-3-9-18-38)48(34-47(49)39-19-10-4-11-20-39)40-27-31-43(32-28-40)52-55-50(41-21-12-5-13-22-41)54-51(56-52)42-29-25-37(26-30-42)36-15-6-2-7-16-36/h2-35H. The van der Waals surface area contributed by atoms with E-state index in [4.69, 9.17) is 21.5 Å². The molecule has 4 heteroatoms. The summed E-state index contributed by atoms with van der Waals surface area (Å²) in [5, 5.41) is 0. The van der Waals surface area contributed by atoms with Crippen molar-refractivity contribution in [3.8, 4) is 89.8 Å². The van der Waals surface area contributed by atoms with Gasteiger partial charge in [0.1, 0.15) is 0 Å². The maximum absolute atomic E-state index is 7.68. The first-order valence-electron chi connectivity index (χ1n) is 18.6. The monoisotopic (exact) mass is 714 g/mol. The number of hydrogen-bond donors (Lipinski definition) is 0. The van der Waals surface area contributed by atoms with Crippen LogP contribution in [0.5, 0.6) is 0 Å². The molecule has 0 spiro atoms. The third-order valence-electron chi connectivity index (χ3n) is 9.99. The smallest absolute Gasteiger partial charge is 0.187 e. The number of hydrogen-bond acceptors (Lipinski definition) is 3. The molecule has 262 valence electrons. The van der Waals surface area contributed by atoms with Gasteiger partial charge in [-0.3, -0.25) is 0 Å². The van der Waals surface area contributed by atoms with Gasteiger partial charge >= 0.3 is 0 Å². The molecule has 0 radical (unpaired) electrons. The zero-order chi connectivity index (χ0) is 37.7. The van der Waals surface area contributed by atoms with Crippen molar-refractivity contribution in [2.45, 2.75) is 0 Å². The Morgan fingerprint density at radius 1 is 0.268 bits per heavy atom. The highest BCUT2D eigenvalue weighted by Crippen LogP contribution is 2.43. The fourth-order valence-corrected chi connectivity index (χ4v) is 7.13. The van der Waals surface area contributed by atoms with E-state index in [0.29, 0.717) is 23.2 Å². The minimum absolute atomic E-state index is 0.607. The Labute approximate surface area is 327 Å². The van der Waals surface area contributed by atoms with E-state index >= 15 is 0 Å². The Morgan fingerprint density at radius 2 is 0.571 bits per heavy atom. The molecule has 56 heavy (non-hydrogen) atoms. The molecular formula is C52H34N4. The van der Waals surface area contributed by atoms with Gasteiger partial charge in [-0.05, 0) is 73.8 Å². The van der Waals surface area contributed by atoms with E-state index < -0.39 is 0 Å². The van der Waals surface area contributed by atoms with Gasteiger partial charge in [0.15, 0.2) is 23.2 Å². The highest BCUT2D eigenvalue weighted by Gasteiger charge is 2.18. The molecule has 0 atom stereocenters. The highest BCUT2D eigenvalue weighted by molar-refractivity contribution is 5.95. The molecule has 0 aliphatic rings. The topological polar surface area (TPSA) is 43.0 Å². The molecule has 9 aromatic rings. The third-order valence-corrected chi connectivity index (χ3v) is 9.99. The summed E-state index contributed by atoms with van der Waals surface area (Å²) in [7, 11) is 0. The molecule has 0 bridgehead atoms. The van der Waals surface area contributed by atoms with Gasteiger partial charge < -0.3 is 0 Å². The Balaban J connectivity index is 1.16. The van der Waals surface area contributed by atoms with Gasteiger partial charge in [0.2, 0.25) is 0 Å². The SMILES string of the molecule is [C-]#[N+]c1cccc(-c2cc(-c3ccccc3)c(-c3ccc(-c4nc(-c5ccccc5)nc(-c5ccc(-c6ccccc6)cc5)n4)cc3)cc2-c2ccccc2)c1. The average molecular weight is 715 g/mol. The van der Waals surface area contributed by atoms with Crippen LogP contribution in [-0.2, 0) is 0 Å². The van der Waals surface area contributed by atoms with Crippen molar-refractivity contribution in [1.29, 1.82) is 0 Å². The largest absolute Gasteiger partial charge is 0.238 e. The molecule has 0 N–H and O–H groups in total. The molecule has 1 aromatic heterocycles. The molecule has 0 aliphatic heterocycles. The van der Waals surface area contributed by atoms with Gasteiger partial charge in [0.25, 0.3) is 0 Å². The Kier molecular flexibility index (Phi) is 9.31. The fraction of sp³-hybridized carbons (Fsp3) is 0. The highest BCUT2D eigenvalue weighted by atomic mass is 15.0. The molecule has 0 saturated carbocycles. The van der Waals surface area contributed by atoms with E-state index in [-0.39, 0.29) is 0 Å². The maximum Gasteiger partial charge on any atom is 0.187 e. The third kappa shape index (κ3) is 7.01. The normalized spacial score (nSPS) is 10.8. The summed E-state index contributed by atoms with van der Waals surface area (Å²) in [6.45, 7) is 7.68. The van der Waals surface area contributed by atoms with Crippen molar-refractivity contribution in [2.24, 2.45) is 0 Å². The van der Waals surface area contributed by atoms with Gasteiger partial charge in [-0.15, -0.1) is 0 Å². The van der Waals surface area contributed by atoms with Crippen molar-refractivity contribution in [1.82, 2.24) is 15.0 Å². The number of rotatable bonds is 8. The van der Waals surface area contributed by atoms with E-state index in [1.807, 2.05) is 66.7 Å². The van der Waals surface area contributed by atoms with Crippen LogP contribution in [0.15, 0.2) is 206 Å². The molecule has 0 fully saturated rings. The van der Waals surface area contributed by atoms with Gasteiger partial charge in [0.05, 0.1) is 6.57 Å². The van der Waals surface area contributed by atoms with Crippen LogP contribution in [0.1, 0.15) is 0 Å². The predicted octanol–water partition coefficient (Wildman–Crippen LogP) is 13.8. The second-order valence-corrected chi connectivity index (χ2v) is 13.5. The zero-order valence-electron chi connectivity index (χ0n) is 30.4. The number of aromatic nitrogens is 3. The molecule has 4 nitrogen and oxygen atoms in total. The van der Waals surface area contributed by atoms with Crippen molar-refractivity contribution in [3.63, 3.8) is 0 Å². The lowest BCUT2D eigenvalue weighted by molar-refractivity contribution is 1.07. The summed E-state index contributed by atoms with van der Waals surface area (Å²) < 4.78 is 0. The van der Waals surface area contributed by atoms with E-state index in [9.17, 15) is 0 Å². The molecule has 8 aromatic carbocycles. The summed E-state index contributed by atoms with van der Waals surface area (Å²) in [6.07, 6.45) is 0. The minimum atomic E-state index is 0.607. The van der Waals surface area contributed by atoms with Crippen LogP contribution in [0.4, 0.5) is 5.69 Å². The Hall–Kier alpha value is -7.74. The molecule has 0 amide bonds. The lowest BCUT2D eigenvalue weighted by Gasteiger charge is -2.19. The molecule has 0 aliphatic carbocycles. The first-order chi connectivity index (χ1) is 27.7. The average Bonchev–Trinajstić information content (AvgIpc) is 3.30. The van der Waals surface area contributed by atoms with Crippen molar-refractivity contribution >= 4 is 5.69 Å². The van der Waals surface area contributed by atoms with E-state index in [2.05, 4.69) is 144 Å². The Morgan fingerprint density at radius 3 is 1.02 bits per heavy atom. The van der Waals surface area contributed by atoms with Gasteiger partial charge in [-0.2, -0.15) is 0 Å². The second-order valence-electron chi connectivity index (χ2n) is 13.5. The molecule has 0 saturated heterocycles. The van der Waals surface area contributed by atoms with Crippen molar-refractivity contribution < 1.29 is 0 Å². The molecule has 0 unspecified atom stereocenters. The lowest BCUT2D eigenvalue weighted by Crippen LogP contribution is -2.00. The first-order valence-corrected chi connectivity index (χ1v) is 18.6. The summed E-state index contributed by atoms with van der Waals surface area (Å²) in [4.78, 5) is 18.7. The van der Waals surface area contributed by atoms with E-state index in [1.54, 1.807) is 0 Å². The summed E-state index contributed by atoms with van der Waals surface area (Å²) in [5.74, 6) is 1.85. The van der Waals surface area contributed by atoms with Crippen LogP contribution >= 0.6 is 0 Å². The first kappa shape index (κ1) is 34.1. The van der Waals surface area contributed by atoms with Crippen molar-refractivity contribution in [3.05, 3.63) is 218 Å². The quantitative estimate of drug-likeness (QED) is 0.147. The zero-order valence-corrected chi connectivity index (χ0v) is 30.4. The maximum atomic E-state index is 7.68. The van der Waals surface area contributed by atoms with Crippen LogP contribution in [0.25, 0.3) is 94.6 Å². The van der Waals surface area contributed by atoms with Gasteiger partial charge in [0, 0.05) is 16.7 Å². The van der Waals surface area contributed by atoms with Crippen LogP contribution in [0.3, 0.4) is 0 Å². The molecule has 9 rings (SSSR count). The molecule has 1 heterocycles. The second kappa shape index (κ2) is 15.3. The van der Waals surface area contributed by atoms with E-state index in [0.717, 1.165) is 72.3 Å². The summed E-state index contributed by atoms with van der Waals surface area (Å²) in [6, 6.07) is 70.7.